The van der Waals surface area contributed by atoms with E-state index < -0.39 is 5.97 Å². The minimum atomic E-state index is -0.470. The van der Waals surface area contributed by atoms with Gasteiger partial charge in [-0.1, -0.05) is 19.1 Å². The largest absolute Gasteiger partial charge is 0.459 e. The van der Waals surface area contributed by atoms with Gasteiger partial charge in [0.15, 0.2) is 5.65 Å². The number of hydrogen-bond donors (Lipinski definition) is 1. The number of para-hydroxylation sites is 2. The molecule has 1 fully saturated rings. The maximum absolute atomic E-state index is 12.8. The summed E-state index contributed by atoms with van der Waals surface area (Å²) in [6, 6.07) is 7.58. The lowest BCUT2D eigenvalue weighted by atomic mass is 10.2. The molecule has 1 aliphatic rings. The zero-order valence-corrected chi connectivity index (χ0v) is 14.8. The Kier molecular flexibility index (Phi) is 4.46. The van der Waals surface area contributed by atoms with E-state index in [-0.39, 0.29) is 12.7 Å². The predicted octanol–water partition coefficient (Wildman–Crippen LogP) is 2.91. The summed E-state index contributed by atoms with van der Waals surface area (Å²) >= 11 is 0. The van der Waals surface area contributed by atoms with Gasteiger partial charge in [-0.15, -0.1) is 0 Å². The number of nitrogens with two attached hydrogens (primary N) is 1. The first-order valence-electron chi connectivity index (χ1n) is 9.02. The first-order chi connectivity index (χ1) is 12.7. The van der Waals surface area contributed by atoms with Gasteiger partial charge in [-0.05, 0) is 31.4 Å². The Morgan fingerprint density at radius 2 is 2.12 bits per heavy atom. The van der Waals surface area contributed by atoms with Crippen molar-refractivity contribution in [1.29, 1.82) is 0 Å². The highest BCUT2D eigenvalue weighted by Crippen LogP contribution is 2.29. The van der Waals surface area contributed by atoms with Crippen LogP contribution in [0.2, 0.25) is 0 Å². The average Bonchev–Trinajstić information content (AvgIpc) is 3.25. The van der Waals surface area contributed by atoms with Crippen LogP contribution in [0, 0.1) is 0 Å². The Morgan fingerprint density at radius 1 is 1.35 bits per heavy atom. The van der Waals surface area contributed by atoms with E-state index in [1.807, 2.05) is 28.8 Å². The van der Waals surface area contributed by atoms with Crippen molar-refractivity contribution in [3.05, 3.63) is 29.8 Å². The first-order valence-corrected chi connectivity index (χ1v) is 9.02. The zero-order chi connectivity index (χ0) is 18.1. The minimum Gasteiger partial charge on any atom is -0.459 e. The summed E-state index contributed by atoms with van der Waals surface area (Å²) in [5.74, 6) is -0.114. The number of hydrogen-bond acceptors (Lipinski definition) is 6. The molecule has 0 saturated carbocycles. The lowest BCUT2D eigenvalue weighted by Crippen LogP contribution is -2.18. The molecule has 0 radical (unpaired) electrons. The van der Waals surface area contributed by atoms with E-state index in [0.717, 1.165) is 36.9 Å². The fraction of sp³-hybridized carbons (Fsp3) is 0.421. The summed E-state index contributed by atoms with van der Waals surface area (Å²) in [5.41, 5.74) is 9.20. The van der Waals surface area contributed by atoms with E-state index in [4.69, 9.17) is 15.2 Å². The van der Waals surface area contributed by atoms with Gasteiger partial charge in [-0.2, -0.15) is 0 Å². The Labute approximate surface area is 151 Å². The van der Waals surface area contributed by atoms with Crippen molar-refractivity contribution in [2.75, 3.05) is 18.9 Å². The van der Waals surface area contributed by atoms with Crippen LogP contribution >= 0.6 is 0 Å². The maximum Gasteiger partial charge on any atom is 0.344 e. The van der Waals surface area contributed by atoms with E-state index >= 15 is 0 Å². The Bertz CT molecular complexity index is 960. The molecular formula is C19H22N4O3. The third-order valence-electron chi connectivity index (χ3n) is 4.67. The van der Waals surface area contributed by atoms with Gasteiger partial charge in [-0.3, -0.25) is 0 Å². The smallest absolute Gasteiger partial charge is 0.344 e. The standard InChI is InChI=1S/C19H22N4O3/c1-2-9-23-17(20)15(19(24)26-11-12-6-5-10-25-12)16-18(23)22-14-8-4-3-7-13(14)21-16/h3-4,7-8,12H,2,5-6,9-11,20H2,1H3/t12-/m1/s1. The van der Waals surface area contributed by atoms with Gasteiger partial charge < -0.3 is 19.8 Å². The van der Waals surface area contributed by atoms with E-state index in [1.165, 1.54) is 0 Å². The summed E-state index contributed by atoms with van der Waals surface area (Å²) in [5, 5.41) is 0. The number of aromatic nitrogens is 3. The average molecular weight is 354 g/mol. The minimum absolute atomic E-state index is 0.0314. The molecule has 2 aromatic heterocycles. The molecule has 7 nitrogen and oxygen atoms in total. The van der Waals surface area contributed by atoms with Crippen molar-refractivity contribution in [3.63, 3.8) is 0 Å². The van der Waals surface area contributed by atoms with Crippen molar-refractivity contribution < 1.29 is 14.3 Å². The molecule has 4 rings (SSSR count). The van der Waals surface area contributed by atoms with Crippen LogP contribution in [0.1, 0.15) is 36.5 Å². The van der Waals surface area contributed by atoms with Crippen molar-refractivity contribution in [3.8, 4) is 0 Å². The molecule has 0 unspecified atom stereocenters. The maximum atomic E-state index is 12.8. The van der Waals surface area contributed by atoms with Gasteiger partial charge in [0, 0.05) is 13.2 Å². The molecule has 0 bridgehead atoms. The Morgan fingerprint density at radius 3 is 2.81 bits per heavy atom. The van der Waals surface area contributed by atoms with E-state index in [2.05, 4.69) is 16.9 Å². The number of anilines is 1. The number of esters is 1. The van der Waals surface area contributed by atoms with Crippen molar-refractivity contribution in [2.45, 2.75) is 38.8 Å². The van der Waals surface area contributed by atoms with Gasteiger partial charge in [0.05, 0.1) is 17.1 Å². The van der Waals surface area contributed by atoms with Gasteiger partial charge in [0.25, 0.3) is 0 Å². The van der Waals surface area contributed by atoms with Crippen LogP contribution in [0.4, 0.5) is 5.82 Å². The van der Waals surface area contributed by atoms with Crippen LogP contribution in [0.25, 0.3) is 22.2 Å². The molecule has 1 saturated heterocycles. The summed E-state index contributed by atoms with van der Waals surface area (Å²) in [6.45, 7) is 3.67. The number of carbonyl (C=O) groups excluding carboxylic acids is 1. The molecule has 1 aromatic carbocycles. The number of aryl methyl sites for hydroxylation is 1. The fourth-order valence-corrected chi connectivity index (χ4v) is 3.38. The highest BCUT2D eigenvalue weighted by atomic mass is 16.6. The van der Waals surface area contributed by atoms with Crippen LogP contribution in [0.3, 0.4) is 0 Å². The number of rotatable bonds is 5. The zero-order valence-electron chi connectivity index (χ0n) is 14.8. The fourth-order valence-electron chi connectivity index (χ4n) is 3.38. The van der Waals surface area contributed by atoms with Crippen LogP contribution in [-0.4, -0.2) is 39.8 Å². The molecule has 3 aromatic rings. The van der Waals surface area contributed by atoms with Gasteiger partial charge >= 0.3 is 5.97 Å². The first kappa shape index (κ1) is 16.8. The Balaban J connectivity index is 1.77. The molecule has 3 heterocycles. The molecular weight excluding hydrogens is 332 g/mol. The van der Waals surface area contributed by atoms with Crippen molar-refractivity contribution in [1.82, 2.24) is 14.5 Å². The predicted molar refractivity (Wildman–Crippen MR) is 99.0 cm³/mol. The third-order valence-corrected chi connectivity index (χ3v) is 4.67. The highest BCUT2D eigenvalue weighted by molar-refractivity contribution is 6.08. The summed E-state index contributed by atoms with van der Waals surface area (Å²) in [6.07, 6.45) is 2.74. The highest BCUT2D eigenvalue weighted by Gasteiger charge is 2.26. The van der Waals surface area contributed by atoms with Gasteiger partial charge in [0.2, 0.25) is 0 Å². The molecule has 1 atom stereocenters. The molecule has 7 heteroatoms. The second-order valence-corrected chi connectivity index (χ2v) is 6.53. The normalized spacial score (nSPS) is 17.2. The van der Waals surface area contributed by atoms with Crippen LogP contribution in [0.15, 0.2) is 24.3 Å². The Hall–Kier alpha value is -2.67. The van der Waals surface area contributed by atoms with Crippen LogP contribution < -0.4 is 5.73 Å². The van der Waals surface area contributed by atoms with Crippen molar-refractivity contribution >= 4 is 34.0 Å². The molecule has 0 amide bonds. The molecule has 26 heavy (non-hydrogen) atoms. The van der Waals surface area contributed by atoms with Gasteiger partial charge in [0.1, 0.15) is 23.5 Å². The van der Waals surface area contributed by atoms with Crippen LogP contribution in [-0.2, 0) is 16.0 Å². The summed E-state index contributed by atoms with van der Waals surface area (Å²) in [7, 11) is 0. The number of ether oxygens (including phenoxy) is 2. The SMILES string of the molecule is CCCn1c(N)c(C(=O)OC[C@H]2CCCO2)c2nc3ccccc3nc21. The molecule has 2 N–H and O–H groups in total. The number of nitrogen functional groups attached to an aromatic ring is 1. The number of carbonyl (C=O) groups is 1. The topological polar surface area (TPSA) is 92.3 Å². The van der Waals surface area contributed by atoms with Crippen LogP contribution in [0.5, 0.6) is 0 Å². The quantitative estimate of drug-likeness (QED) is 0.708. The lowest BCUT2D eigenvalue weighted by molar-refractivity contribution is 0.0163. The third kappa shape index (κ3) is 2.88. The number of fused-ring (bicyclic) bond motifs is 2. The molecule has 1 aliphatic heterocycles. The van der Waals surface area contributed by atoms with E-state index in [0.29, 0.717) is 29.1 Å². The van der Waals surface area contributed by atoms with Gasteiger partial charge in [-0.25, -0.2) is 14.8 Å². The number of benzene rings is 1. The van der Waals surface area contributed by atoms with E-state index in [9.17, 15) is 4.79 Å². The summed E-state index contributed by atoms with van der Waals surface area (Å²) in [4.78, 5) is 22.1. The summed E-state index contributed by atoms with van der Waals surface area (Å²) < 4.78 is 12.8. The molecule has 136 valence electrons. The monoisotopic (exact) mass is 354 g/mol. The van der Waals surface area contributed by atoms with E-state index in [1.54, 1.807) is 0 Å². The molecule has 0 aliphatic carbocycles. The number of nitrogens with zero attached hydrogens (tertiary/aromatic N) is 3. The molecule has 0 spiro atoms. The second-order valence-electron chi connectivity index (χ2n) is 6.53. The van der Waals surface area contributed by atoms with Crippen molar-refractivity contribution in [2.24, 2.45) is 0 Å². The second kappa shape index (κ2) is 6.92. The lowest BCUT2D eigenvalue weighted by Gasteiger charge is -2.10.